The molecular weight excluding hydrogens is 785 g/mol. The van der Waals surface area contributed by atoms with Crippen LogP contribution >= 0.6 is 0 Å². The van der Waals surface area contributed by atoms with E-state index < -0.39 is 11.7 Å². The molecule has 0 radical (unpaired) electrons. The Labute approximate surface area is 361 Å². The van der Waals surface area contributed by atoms with Crippen molar-refractivity contribution >= 4 is 45.4 Å². The predicted octanol–water partition coefficient (Wildman–Crippen LogP) is 7.60. The maximum Gasteiger partial charge on any atom is 0.407 e. The lowest BCUT2D eigenvalue weighted by Crippen LogP contribution is -2.42. The van der Waals surface area contributed by atoms with Gasteiger partial charge in [0, 0.05) is 49.6 Å². The van der Waals surface area contributed by atoms with Crippen molar-refractivity contribution in [2.75, 3.05) is 42.6 Å². The number of carbonyl (C=O) groups is 2. The fourth-order valence-electron chi connectivity index (χ4n) is 8.19. The smallest absolute Gasteiger partial charge is 0.407 e. The Bertz CT molecular complexity index is 2610. The van der Waals surface area contributed by atoms with Crippen LogP contribution in [0.25, 0.3) is 44.6 Å². The van der Waals surface area contributed by atoms with Gasteiger partial charge in [-0.2, -0.15) is 0 Å². The normalized spacial score (nSPS) is 18.8. The summed E-state index contributed by atoms with van der Waals surface area (Å²) in [6.07, 6.45) is 2.66. The average molecular weight is 839 g/mol. The number of phenolic OH excluding ortho intramolecular Hbond substituents is 2. The molecule has 62 heavy (non-hydrogen) atoms. The fraction of sp³-hybridized carbons (Fsp3) is 0.375. The van der Waals surface area contributed by atoms with Crippen LogP contribution < -0.4 is 20.4 Å². The zero-order valence-electron chi connectivity index (χ0n) is 35.9. The number of aromatic nitrogens is 4. The Kier molecular flexibility index (Phi) is 12.1. The topological polar surface area (TPSA) is 175 Å². The molecule has 3 saturated heterocycles. The number of aryl methyl sites for hydroxylation is 2. The molecule has 4 aromatic carbocycles. The summed E-state index contributed by atoms with van der Waals surface area (Å²) in [4.78, 5) is 48.1. The SMILES string of the molecule is Cc1ccc2c(N3CC[C@@H](NC(=O)C4CCCO4)C3)nc(-c3ccccc3O)nc2c1.Cc1ccc2c(N3CC[C@@H](NC(=O)OC(C)(C)C)C3)nc(-c3ccccc3O)nc2c1. The molecule has 14 nitrogen and oxygen atoms in total. The zero-order valence-corrected chi connectivity index (χ0v) is 35.9. The van der Waals surface area contributed by atoms with Gasteiger partial charge in [-0.15, -0.1) is 0 Å². The van der Waals surface area contributed by atoms with E-state index in [0.29, 0.717) is 42.5 Å². The molecule has 2 aromatic heterocycles. The number of nitrogens with zero attached hydrogens (tertiary/aromatic N) is 6. The van der Waals surface area contributed by atoms with Gasteiger partial charge in [0.15, 0.2) is 11.6 Å². The molecule has 6 aromatic rings. The molecule has 0 spiro atoms. The summed E-state index contributed by atoms with van der Waals surface area (Å²) in [5.41, 5.74) is 4.55. The highest BCUT2D eigenvalue weighted by Gasteiger charge is 2.32. The van der Waals surface area contributed by atoms with E-state index in [0.717, 1.165) is 83.3 Å². The maximum absolute atomic E-state index is 12.5. The Balaban J connectivity index is 0.000000171. The van der Waals surface area contributed by atoms with Gasteiger partial charge >= 0.3 is 6.09 Å². The van der Waals surface area contributed by atoms with E-state index in [1.807, 2.05) is 89.2 Å². The molecule has 322 valence electrons. The summed E-state index contributed by atoms with van der Waals surface area (Å²) in [5, 5.41) is 28.7. The molecule has 2 amide bonds. The van der Waals surface area contributed by atoms with E-state index in [4.69, 9.17) is 29.4 Å². The van der Waals surface area contributed by atoms with Crippen LogP contribution in [0.1, 0.15) is 57.6 Å². The predicted molar refractivity (Wildman–Crippen MR) is 240 cm³/mol. The van der Waals surface area contributed by atoms with Crippen molar-refractivity contribution in [3.8, 4) is 34.3 Å². The molecular formula is C48H54N8O6. The van der Waals surface area contributed by atoms with Gasteiger partial charge in [0.25, 0.3) is 0 Å². The van der Waals surface area contributed by atoms with Gasteiger partial charge < -0.3 is 40.1 Å². The second-order valence-electron chi connectivity index (χ2n) is 17.3. The van der Waals surface area contributed by atoms with E-state index >= 15 is 0 Å². The lowest BCUT2D eigenvalue weighted by Gasteiger charge is -2.23. The Hall–Kier alpha value is -6.54. The van der Waals surface area contributed by atoms with Crippen molar-refractivity contribution < 1.29 is 29.3 Å². The molecule has 3 atom stereocenters. The molecule has 3 aliphatic rings. The summed E-state index contributed by atoms with van der Waals surface area (Å²) in [7, 11) is 0. The van der Waals surface area contributed by atoms with E-state index in [-0.39, 0.29) is 35.6 Å². The Morgan fingerprint density at radius 1 is 0.694 bits per heavy atom. The highest BCUT2D eigenvalue weighted by atomic mass is 16.6. The number of para-hydroxylation sites is 2. The van der Waals surface area contributed by atoms with Gasteiger partial charge in [-0.05, 0) is 120 Å². The highest BCUT2D eigenvalue weighted by molar-refractivity contribution is 5.93. The fourth-order valence-corrected chi connectivity index (χ4v) is 8.19. The number of hydrogen-bond acceptors (Lipinski definition) is 12. The number of aromatic hydroxyl groups is 2. The molecule has 3 fully saturated rings. The second kappa shape index (κ2) is 17.8. The number of amides is 2. The first kappa shape index (κ1) is 42.2. The first-order valence-corrected chi connectivity index (χ1v) is 21.3. The molecule has 5 heterocycles. The van der Waals surface area contributed by atoms with Crippen molar-refractivity contribution in [2.24, 2.45) is 0 Å². The van der Waals surface area contributed by atoms with Crippen LogP contribution in [0.3, 0.4) is 0 Å². The van der Waals surface area contributed by atoms with Gasteiger partial charge in [0.2, 0.25) is 5.91 Å². The van der Waals surface area contributed by atoms with Crippen LogP contribution in [0.2, 0.25) is 0 Å². The van der Waals surface area contributed by atoms with E-state index in [1.165, 1.54) is 0 Å². The van der Waals surface area contributed by atoms with Crippen molar-refractivity contribution in [1.82, 2.24) is 30.6 Å². The van der Waals surface area contributed by atoms with Crippen LogP contribution in [0.4, 0.5) is 16.4 Å². The molecule has 0 bridgehead atoms. The van der Waals surface area contributed by atoms with E-state index in [2.05, 4.69) is 26.5 Å². The van der Waals surface area contributed by atoms with Gasteiger partial charge in [-0.1, -0.05) is 36.4 Å². The monoisotopic (exact) mass is 838 g/mol. The molecule has 9 rings (SSSR count). The minimum absolute atomic E-state index is 0.0117. The number of anilines is 2. The van der Waals surface area contributed by atoms with Crippen LogP contribution in [0.15, 0.2) is 84.9 Å². The number of phenols is 2. The van der Waals surface area contributed by atoms with Gasteiger partial charge in [0.1, 0.15) is 34.8 Å². The third-order valence-corrected chi connectivity index (χ3v) is 11.2. The number of carbonyl (C=O) groups excluding carboxylic acids is 2. The average Bonchev–Trinajstić information content (AvgIpc) is 4.04. The number of alkyl carbamates (subject to hydrolysis) is 1. The molecule has 4 N–H and O–H groups in total. The number of rotatable bonds is 7. The number of hydrogen-bond donors (Lipinski definition) is 4. The molecule has 1 unspecified atom stereocenters. The number of fused-ring (bicyclic) bond motifs is 2. The van der Waals surface area contributed by atoms with Crippen LogP contribution in [0, 0.1) is 13.8 Å². The largest absolute Gasteiger partial charge is 0.507 e. The third kappa shape index (κ3) is 9.65. The number of benzene rings is 4. The Morgan fingerprint density at radius 3 is 1.66 bits per heavy atom. The molecule has 0 aliphatic carbocycles. The van der Waals surface area contributed by atoms with Gasteiger partial charge in [-0.3, -0.25) is 4.79 Å². The highest BCUT2D eigenvalue weighted by Crippen LogP contribution is 2.35. The number of ether oxygens (including phenoxy) is 2. The second-order valence-corrected chi connectivity index (χ2v) is 17.3. The van der Waals surface area contributed by atoms with Crippen LogP contribution in [-0.4, -0.2) is 98.7 Å². The minimum atomic E-state index is -0.532. The van der Waals surface area contributed by atoms with Crippen LogP contribution in [0.5, 0.6) is 11.5 Å². The summed E-state index contributed by atoms with van der Waals surface area (Å²) in [5.74, 6) is 2.90. The van der Waals surface area contributed by atoms with Crippen molar-refractivity contribution in [1.29, 1.82) is 0 Å². The summed E-state index contributed by atoms with van der Waals surface area (Å²) in [6.45, 7) is 13.1. The summed E-state index contributed by atoms with van der Waals surface area (Å²) in [6, 6.07) is 26.5. The van der Waals surface area contributed by atoms with Crippen molar-refractivity contribution in [3.05, 3.63) is 96.1 Å². The third-order valence-electron chi connectivity index (χ3n) is 11.2. The van der Waals surface area contributed by atoms with E-state index in [9.17, 15) is 19.8 Å². The molecule has 3 aliphatic heterocycles. The molecule has 14 heteroatoms. The number of nitrogens with one attached hydrogen (secondary N) is 2. The maximum atomic E-state index is 12.5. The van der Waals surface area contributed by atoms with Crippen molar-refractivity contribution in [2.45, 2.75) is 84.1 Å². The van der Waals surface area contributed by atoms with Crippen molar-refractivity contribution in [3.63, 3.8) is 0 Å². The Morgan fingerprint density at radius 2 is 1.19 bits per heavy atom. The van der Waals surface area contributed by atoms with E-state index in [1.54, 1.807) is 24.3 Å². The summed E-state index contributed by atoms with van der Waals surface area (Å²) >= 11 is 0. The van der Waals surface area contributed by atoms with Crippen LogP contribution in [-0.2, 0) is 14.3 Å². The first-order valence-electron chi connectivity index (χ1n) is 21.3. The minimum Gasteiger partial charge on any atom is -0.507 e. The first-order chi connectivity index (χ1) is 29.8. The summed E-state index contributed by atoms with van der Waals surface area (Å²) < 4.78 is 10.9. The molecule has 0 saturated carbocycles. The standard InChI is InChI=1S/C24H26N4O3.C24H28N4O3/c1-15-8-9-17-19(13-15)26-22(18-5-2-3-6-20(18)29)27-23(17)28-11-10-16(14-28)25-24(30)21-7-4-12-31-21;1-15-9-10-17-19(13-15)26-21(18-7-5-6-8-20(18)29)27-22(17)28-12-11-16(14-28)25-23(30)31-24(2,3)4/h2-3,5-6,8-9,13,16,21,29H,4,7,10-12,14H2,1H3,(H,25,30);5-10,13,16,29H,11-12,14H2,1-4H3,(H,25,30)/t16-,21?;16-/m11/s1. The van der Waals surface area contributed by atoms with Gasteiger partial charge in [-0.25, -0.2) is 24.7 Å². The van der Waals surface area contributed by atoms with Gasteiger partial charge in [0.05, 0.1) is 28.2 Å². The lowest BCUT2D eigenvalue weighted by molar-refractivity contribution is -0.130. The quantitative estimate of drug-likeness (QED) is 0.124. The zero-order chi connectivity index (χ0) is 43.5. The lowest BCUT2D eigenvalue weighted by atomic mass is 10.1.